The molecule has 0 aliphatic carbocycles. The second-order valence-corrected chi connectivity index (χ2v) is 5.20. The highest BCUT2D eigenvalue weighted by molar-refractivity contribution is 5.95. The lowest BCUT2D eigenvalue weighted by molar-refractivity contribution is -0.116. The van der Waals surface area contributed by atoms with E-state index in [1.165, 1.54) is 0 Å². The quantitative estimate of drug-likeness (QED) is 0.856. The maximum atomic E-state index is 12.3. The molecule has 2 aromatic rings. The van der Waals surface area contributed by atoms with Gasteiger partial charge in [0.05, 0.1) is 25.2 Å². The Labute approximate surface area is 129 Å². The Hall–Kier alpha value is -2.57. The van der Waals surface area contributed by atoms with Gasteiger partial charge in [-0.15, -0.1) is 0 Å². The van der Waals surface area contributed by atoms with E-state index in [0.29, 0.717) is 11.7 Å². The first kappa shape index (κ1) is 15.8. The number of methoxy groups -OCH3 is 1. The molecular formula is C15H21N5O2. The highest BCUT2D eigenvalue weighted by atomic mass is 16.5. The number of aromatic nitrogens is 3. The number of carbonyl (C=O) groups excluding carboxylic acids is 1. The molecule has 0 bridgehead atoms. The van der Waals surface area contributed by atoms with Crippen molar-refractivity contribution < 1.29 is 9.53 Å². The molecule has 22 heavy (non-hydrogen) atoms. The molecule has 2 N–H and O–H groups in total. The molecule has 0 aromatic carbocycles. The predicted octanol–water partition coefficient (Wildman–Crippen LogP) is 2.31. The lowest BCUT2D eigenvalue weighted by Gasteiger charge is -2.17. The molecule has 1 atom stereocenters. The van der Waals surface area contributed by atoms with Crippen molar-refractivity contribution in [3.8, 4) is 5.88 Å². The third-order valence-electron chi connectivity index (χ3n) is 3.13. The fraction of sp³-hybridized carbons (Fsp3) is 0.400. The highest BCUT2D eigenvalue weighted by Crippen LogP contribution is 2.15. The van der Waals surface area contributed by atoms with Crippen LogP contribution in [-0.2, 0) is 4.79 Å². The van der Waals surface area contributed by atoms with Crippen molar-refractivity contribution in [2.45, 2.75) is 32.9 Å². The lowest BCUT2D eigenvalue weighted by Crippen LogP contribution is -2.32. The number of pyridine rings is 1. The normalized spacial score (nSPS) is 12.0. The Morgan fingerprint density at radius 3 is 2.64 bits per heavy atom. The smallest absolute Gasteiger partial charge is 0.247 e. The van der Waals surface area contributed by atoms with Gasteiger partial charge in [0.15, 0.2) is 0 Å². The minimum absolute atomic E-state index is 0.141. The standard InChI is InChI=1S/C15H21N5O2/c1-10(2)20-13(7-8-17-20)19-15(21)11(3)18-12-5-6-14(22-4)16-9-12/h5-11,18H,1-4H3,(H,19,21). The summed E-state index contributed by atoms with van der Waals surface area (Å²) in [6.07, 6.45) is 3.29. The molecule has 2 rings (SSSR count). The molecule has 0 radical (unpaired) electrons. The molecule has 7 heteroatoms. The topological polar surface area (TPSA) is 81.1 Å². The first-order valence-electron chi connectivity index (χ1n) is 7.12. The Morgan fingerprint density at radius 1 is 1.27 bits per heavy atom. The first-order chi connectivity index (χ1) is 10.5. The molecule has 0 aliphatic heterocycles. The van der Waals surface area contributed by atoms with Gasteiger partial charge in [0.2, 0.25) is 11.8 Å². The van der Waals surface area contributed by atoms with E-state index < -0.39 is 6.04 Å². The van der Waals surface area contributed by atoms with Crippen LogP contribution in [0.2, 0.25) is 0 Å². The molecule has 7 nitrogen and oxygen atoms in total. The summed E-state index contributed by atoms with van der Waals surface area (Å²) >= 11 is 0. The van der Waals surface area contributed by atoms with Crippen LogP contribution >= 0.6 is 0 Å². The lowest BCUT2D eigenvalue weighted by atomic mass is 10.3. The van der Waals surface area contributed by atoms with E-state index in [-0.39, 0.29) is 11.9 Å². The number of carbonyl (C=O) groups is 1. The van der Waals surface area contributed by atoms with E-state index in [4.69, 9.17) is 4.74 Å². The van der Waals surface area contributed by atoms with Crippen LogP contribution in [0.4, 0.5) is 11.5 Å². The molecule has 118 valence electrons. The Balaban J connectivity index is 1.98. The van der Waals surface area contributed by atoms with E-state index in [1.807, 2.05) is 19.9 Å². The molecule has 0 fully saturated rings. The zero-order chi connectivity index (χ0) is 16.1. The van der Waals surface area contributed by atoms with Crippen LogP contribution in [0.5, 0.6) is 5.88 Å². The molecule has 0 spiro atoms. The summed E-state index contributed by atoms with van der Waals surface area (Å²) in [5.41, 5.74) is 0.751. The maximum absolute atomic E-state index is 12.3. The number of hydrogen-bond donors (Lipinski definition) is 2. The summed E-state index contributed by atoms with van der Waals surface area (Å²) in [6.45, 7) is 5.80. The van der Waals surface area contributed by atoms with Crippen molar-refractivity contribution in [1.82, 2.24) is 14.8 Å². The molecule has 1 amide bonds. The Morgan fingerprint density at radius 2 is 2.05 bits per heavy atom. The molecule has 2 heterocycles. The van der Waals surface area contributed by atoms with Crippen LogP contribution in [0.15, 0.2) is 30.6 Å². The second kappa shape index (κ2) is 6.93. The van der Waals surface area contributed by atoms with Gasteiger partial charge >= 0.3 is 0 Å². The van der Waals surface area contributed by atoms with E-state index in [2.05, 4.69) is 20.7 Å². The van der Waals surface area contributed by atoms with Crippen molar-refractivity contribution in [2.24, 2.45) is 0 Å². The van der Waals surface area contributed by atoms with Gasteiger partial charge in [-0.25, -0.2) is 9.67 Å². The monoisotopic (exact) mass is 303 g/mol. The molecule has 0 aliphatic rings. The highest BCUT2D eigenvalue weighted by Gasteiger charge is 2.15. The van der Waals surface area contributed by atoms with Gasteiger partial charge in [-0.1, -0.05) is 0 Å². The van der Waals surface area contributed by atoms with Gasteiger partial charge in [-0.2, -0.15) is 5.10 Å². The molecule has 1 unspecified atom stereocenters. The van der Waals surface area contributed by atoms with Crippen LogP contribution in [-0.4, -0.2) is 33.8 Å². The van der Waals surface area contributed by atoms with Gasteiger partial charge in [0.1, 0.15) is 11.9 Å². The summed E-state index contributed by atoms with van der Waals surface area (Å²) in [6, 6.07) is 5.10. The van der Waals surface area contributed by atoms with E-state index in [0.717, 1.165) is 5.69 Å². The maximum Gasteiger partial charge on any atom is 0.247 e. The summed E-state index contributed by atoms with van der Waals surface area (Å²) < 4.78 is 6.76. The number of ether oxygens (including phenoxy) is 1. The van der Waals surface area contributed by atoms with E-state index >= 15 is 0 Å². The number of hydrogen-bond acceptors (Lipinski definition) is 5. The van der Waals surface area contributed by atoms with Crippen LogP contribution in [0.25, 0.3) is 0 Å². The summed E-state index contributed by atoms with van der Waals surface area (Å²) in [5.74, 6) is 1.07. The number of nitrogens with zero attached hydrogens (tertiary/aromatic N) is 3. The van der Waals surface area contributed by atoms with Gasteiger partial charge in [0.25, 0.3) is 0 Å². The third kappa shape index (κ3) is 3.75. The SMILES string of the molecule is COc1ccc(NC(C)C(=O)Nc2ccnn2C(C)C)cn1. The summed E-state index contributed by atoms with van der Waals surface area (Å²) in [4.78, 5) is 16.3. The van der Waals surface area contributed by atoms with Gasteiger partial charge in [-0.05, 0) is 26.8 Å². The van der Waals surface area contributed by atoms with Crippen LogP contribution in [0.3, 0.4) is 0 Å². The van der Waals surface area contributed by atoms with Crippen molar-refractivity contribution in [3.63, 3.8) is 0 Å². The fourth-order valence-electron chi connectivity index (χ4n) is 1.96. The van der Waals surface area contributed by atoms with E-state index in [9.17, 15) is 4.79 Å². The largest absolute Gasteiger partial charge is 0.481 e. The zero-order valence-corrected chi connectivity index (χ0v) is 13.2. The average molecular weight is 303 g/mol. The molecule has 0 saturated carbocycles. The zero-order valence-electron chi connectivity index (χ0n) is 13.2. The van der Waals surface area contributed by atoms with Crippen molar-refractivity contribution in [3.05, 3.63) is 30.6 Å². The van der Waals surface area contributed by atoms with E-state index in [1.54, 1.807) is 43.2 Å². The molecular weight excluding hydrogens is 282 g/mol. The van der Waals surface area contributed by atoms with Crippen LogP contribution < -0.4 is 15.4 Å². The molecule has 2 aromatic heterocycles. The van der Waals surface area contributed by atoms with Gasteiger partial charge in [0, 0.05) is 18.2 Å². The van der Waals surface area contributed by atoms with Crippen LogP contribution in [0.1, 0.15) is 26.8 Å². The third-order valence-corrected chi connectivity index (χ3v) is 3.13. The predicted molar refractivity (Wildman–Crippen MR) is 85.1 cm³/mol. The second-order valence-electron chi connectivity index (χ2n) is 5.20. The fourth-order valence-corrected chi connectivity index (χ4v) is 1.96. The van der Waals surface area contributed by atoms with Gasteiger partial charge < -0.3 is 15.4 Å². The molecule has 0 saturated heterocycles. The minimum Gasteiger partial charge on any atom is -0.481 e. The average Bonchev–Trinajstić information content (AvgIpc) is 2.96. The number of rotatable bonds is 6. The Kier molecular flexibility index (Phi) is 4.98. The summed E-state index contributed by atoms with van der Waals surface area (Å²) in [5, 5.41) is 10.2. The van der Waals surface area contributed by atoms with Crippen molar-refractivity contribution in [1.29, 1.82) is 0 Å². The summed E-state index contributed by atoms with van der Waals surface area (Å²) in [7, 11) is 1.56. The number of anilines is 2. The van der Waals surface area contributed by atoms with Crippen molar-refractivity contribution >= 4 is 17.4 Å². The van der Waals surface area contributed by atoms with Gasteiger partial charge in [-0.3, -0.25) is 4.79 Å². The van der Waals surface area contributed by atoms with Crippen molar-refractivity contribution in [2.75, 3.05) is 17.7 Å². The Bertz CT molecular complexity index is 621. The van der Waals surface area contributed by atoms with Crippen LogP contribution in [0, 0.1) is 0 Å². The first-order valence-corrected chi connectivity index (χ1v) is 7.12. The minimum atomic E-state index is -0.411. The number of nitrogens with one attached hydrogen (secondary N) is 2. The number of amides is 1.